The molecular weight excluding hydrogens is 412 g/mol. The van der Waals surface area contributed by atoms with Crippen LogP contribution in [0.5, 0.6) is 11.5 Å². The summed E-state index contributed by atoms with van der Waals surface area (Å²) >= 11 is 5.95. The number of aromatic amines is 1. The summed E-state index contributed by atoms with van der Waals surface area (Å²) in [6.45, 7) is 2.54. The SMILES string of the molecule is Cc1ccc(C2c3[nH]c4ccc(O)cc4c3CCN2C(=O)Oc2ccc(Cl)cc2)cc1. The predicted molar refractivity (Wildman–Crippen MR) is 121 cm³/mol. The maximum absolute atomic E-state index is 13.2. The molecule has 5 rings (SSSR count). The number of aromatic hydroxyl groups is 1. The summed E-state index contributed by atoms with van der Waals surface area (Å²) in [4.78, 5) is 18.4. The Morgan fingerprint density at radius 3 is 2.58 bits per heavy atom. The Kier molecular flexibility index (Phi) is 4.83. The number of ether oxygens (including phenoxy) is 1. The van der Waals surface area contributed by atoms with E-state index < -0.39 is 6.09 Å². The van der Waals surface area contributed by atoms with Crippen molar-refractivity contribution in [1.29, 1.82) is 0 Å². The van der Waals surface area contributed by atoms with E-state index in [0.29, 0.717) is 23.7 Å². The number of amides is 1. The van der Waals surface area contributed by atoms with Gasteiger partial charge in [0.05, 0.1) is 0 Å². The van der Waals surface area contributed by atoms with E-state index in [-0.39, 0.29) is 11.8 Å². The van der Waals surface area contributed by atoms with Crippen LogP contribution < -0.4 is 4.74 Å². The number of carbonyl (C=O) groups is 1. The molecule has 1 amide bonds. The second kappa shape index (κ2) is 7.67. The third-order valence-corrected chi connectivity index (χ3v) is 6.01. The first-order valence-corrected chi connectivity index (χ1v) is 10.5. The summed E-state index contributed by atoms with van der Waals surface area (Å²) in [7, 11) is 0. The Morgan fingerprint density at radius 1 is 1.10 bits per heavy atom. The molecule has 0 saturated heterocycles. The Bertz CT molecular complexity index is 1260. The van der Waals surface area contributed by atoms with E-state index in [2.05, 4.69) is 4.98 Å². The quantitative estimate of drug-likeness (QED) is 0.409. The van der Waals surface area contributed by atoms with E-state index in [1.807, 2.05) is 37.3 Å². The molecule has 0 saturated carbocycles. The van der Waals surface area contributed by atoms with Gasteiger partial charge in [-0.1, -0.05) is 41.4 Å². The van der Waals surface area contributed by atoms with Gasteiger partial charge >= 0.3 is 6.09 Å². The molecule has 0 bridgehead atoms. The van der Waals surface area contributed by atoms with Gasteiger partial charge in [0.1, 0.15) is 17.5 Å². The van der Waals surface area contributed by atoms with Gasteiger partial charge in [-0.15, -0.1) is 0 Å². The number of carbonyl (C=O) groups excluding carboxylic acids is 1. The maximum Gasteiger partial charge on any atom is 0.416 e. The highest BCUT2D eigenvalue weighted by Gasteiger charge is 2.35. The van der Waals surface area contributed by atoms with Crippen LogP contribution in [0.4, 0.5) is 4.79 Å². The number of nitrogens with zero attached hydrogens (tertiary/aromatic N) is 1. The predicted octanol–water partition coefficient (Wildman–Crippen LogP) is 5.98. The normalized spacial score (nSPS) is 15.7. The number of benzene rings is 3. The Morgan fingerprint density at radius 2 is 1.84 bits per heavy atom. The first-order chi connectivity index (χ1) is 15.0. The number of nitrogens with one attached hydrogen (secondary N) is 1. The zero-order valence-electron chi connectivity index (χ0n) is 16.9. The largest absolute Gasteiger partial charge is 0.508 e. The molecule has 0 spiro atoms. The maximum atomic E-state index is 13.2. The third-order valence-electron chi connectivity index (χ3n) is 5.76. The molecule has 6 heteroatoms. The summed E-state index contributed by atoms with van der Waals surface area (Å²) in [6, 6.07) is 19.9. The number of halogens is 1. The number of phenolic OH excluding ortho intramolecular Hbond substituents is 1. The van der Waals surface area contributed by atoms with Gasteiger partial charge in [-0.25, -0.2) is 4.79 Å². The lowest BCUT2D eigenvalue weighted by molar-refractivity contribution is 0.135. The molecule has 3 aromatic carbocycles. The van der Waals surface area contributed by atoms with Gasteiger partial charge in [-0.05, 0) is 66.9 Å². The molecule has 4 aromatic rings. The fourth-order valence-electron chi connectivity index (χ4n) is 4.23. The second-order valence-corrected chi connectivity index (χ2v) is 8.26. The molecule has 1 unspecified atom stereocenters. The van der Waals surface area contributed by atoms with E-state index >= 15 is 0 Å². The van der Waals surface area contributed by atoms with Crippen LogP contribution in [0.1, 0.15) is 28.4 Å². The molecule has 1 aliphatic rings. The Hall–Kier alpha value is -3.44. The molecule has 5 nitrogen and oxygen atoms in total. The molecule has 0 aliphatic carbocycles. The van der Waals surface area contributed by atoms with Gasteiger partial charge in [-0.2, -0.15) is 0 Å². The fourth-order valence-corrected chi connectivity index (χ4v) is 4.36. The highest BCUT2D eigenvalue weighted by atomic mass is 35.5. The van der Waals surface area contributed by atoms with Gasteiger partial charge in [-0.3, -0.25) is 4.90 Å². The highest BCUT2D eigenvalue weighted by molar-refractivity contribution is 6.30. The molecule has 0 radical (unpaired) electrons. The lowest BCUT2D eigenvalue weighted by atomic mass is 9.92. The van der Waals surface area contributed by atoms with Gasteiger partial charge in [0.25, 0.3) is 0 Å². The van der Waals surface area contributed by atoms with Gasteiger partial charge < -0.3 is 14.8 Å². The molecule has 31 heavy (non-hydrogen) atoms. The minimum absolute atomic E-state index is 0.228. The van der Waals surface area contributed by atoms with Crippen LogP contribution in [0.25, 0.3) is 10.9 Å². The molecule has 2 N–H and O–H groups in total. The molecular formula is C25H21ClN2O3. The van der Waals surface area contributed by atoms with Crippen LogP contribution in [0.15, 0.2) is 66.7 Å². The van der Waals surface area contributed by atoms with Crippen molar-refractivity contribution in [3.8, 4) is 11.5 Å². The monoisotopic (exact) mass is 432 g/mol. The van der Waals surface area contributed by atoms with Crippen LogP contribution in [-0.2, 0) is 6.42 Å². The average Bonchev–Trinajstić information content (AvgIpc) is 3.13. The number of hydrogen-bond donors (Lipinski definition) is 2. The van der Waals surface area contributed by atoms with Crippen molar-refractivity contribution < 1.29 is 14.6 Å². The first kappa shape index (κ1) is 19.5. The van der Waals surface area contributed by atoms with E-state index in [9.17, 15) is 9.90 Å². The summed E-state index contributed by atoms with van der Waals surface area (Å²) in [5, 5.41) is 11.5. The van der Waals surface area contributed by atoms with Crippen molar-refractivity contribution in [3.63, 3.8) is 0 Å². The van der Waals surface area contributed by atoms with Crippen molar-refractivity contribution >= 4 is 28.6 Å². The van der Waals surface area contributed by atoms with E-state index in [4.69, 9.17) is 16.3 Å². The number of aryl methyl sites for hydroxylation is 1. The lowest BCUT2D eigenvalue weighted by Crippen LogP contribution is -2.42. The summed E-state index contributed by atoms with van der Waals surface area (Å²) in [5.74, 6) is 0.676. The number of H-pyrrole nitrogens is 1. The van der Waals surface area contributed by atoms with Crippen molar-refractivity contribution in [3.05, 3.63) is 94.1 Å². The minimum Gasteiger partial charge on any atom is -0.508 e. The van der Waals surface area contributed by atoms with Crippen LogP contribution in [0.3, 0.4) is 0 Å². The number of fused-ring (bicyclic) bond motifs is 3. The smallest absolute Gasteiger partial charge is 0.416 e. The molecule has 2 heterocycles. The zero-order chi connectivity index (χ0) is 21.5. The standard InChI is InChI=1S/C25H21ClN2O3/c1-15-2-4-16(5-3-15)24-23-20(21-14-18(29)8-11-22(21)27-23)12-13-28(24)25(30)31-19-9-6-17(26)7-10-19/h2-11,14,24,27,29H,12-13H2,1H3. The highest BCUT2D eigenvalue weighted by Crippen LogP contribution is 2.39. The van der Waals surface area contributed by atoms with Gasteiger partial charge in [0, 0.05) is 28.2 Å². The van der Waals surface area contributed by atoms with E-state index in [0.717, 1.165) is 33.3 Å². The van der Waals surface area contributed by atoms with Crippen molar-refractivity contribution in [1.82, 2.24) is 9.88 Å². The molecule has 156 valence electrons. The third kappa shape index (κ3) is 3.62. The van der Waals surface area contributed by atoms with E-state index in [1.54, 1.807) is 41.3 Å². The van der Waals surface area contributed by atoms with Crippen LogP contribution in [0.2, 0.25) is 5.02 Å². The number of aromatic nitrogens is 1. The second-order valence-electron chi connectivity index (χ2n) is 7.83. The molecule has 1 aliphatic heterocycles. The van der Waals surface area contributed by atoms with Crippen molar-refractivity contribution in [2.45, 2.75) is 19.4 Å². The van der Waals surface area contributed by atoms with Crippen molar-refractivity contribution in [2.75, 3.05) is 6.54 Å². The summed E-state index contributed by atoms with van der Waals surface area (Å²) in [5.41, 5.74) is 5.15. The summed E-state index contributed by atoms with van der Waals surface area (Å²) in [6.07, 6.45) is 0.247. The Balaban J connectivity index is 1.58. The van der Waals surface area contributed by atoms with Gasteiger partial charge in [0.2, 0.25) is 0 Å². The lowest BCUT2D eigenvalue weighted by Gasteiger charge is -2.35. The number of rotatable bonds is 2. The van der Waals surface area contributed by atoms with Crippen LogP contribution in [0, 0.1) is 6.92 Å². The number of phenols is 1. The van der Waals surface area contributed by atoms with Gasteiger partial charge in [0.15, 0.2) is 0 Å². The van der Waals surface area contributed by atoms with Crippen molar-refractivity contribution in [2.24, 2.45) is 0 Å². The van der Waals surface area contributed by atoms with Crippen LogP contribution >= 0.6 is 11.6 Å². The van der Waals surface area contributed by atoms with Crippen LogP contribution in [-0.4, -0.2) is 27.6 Å². The topological polar surface area (TPSA) is 65.6 Å². The van der Waals surface area contributed by atoms with E-state index in [1.165, 1.54) is 0 Å². The Labute approximate surface area is 184 Å². The zero-order valence-corrected chi connectivity index (χ0v) is 17.7. The first-order valence-electron chi connectivity index (χ1n) is 10.1. The fraction of sp³-hybridized carbons (Fsp3) is 0.160. The molecule has 0 fully saturated rings. The summed E-state index contributed by atoms with van der Waals surface area (Å²) < 4.78 is 5.67. The minimum atomic E-state index is -0.417. The molecule has 1 atom stereocenters. The number of hydrogen-bond acceptors (Lipinski definition) is 3. The molecule has 1 aromatic heterocycles. The average molecular weight is 433 g/mol.